The predicted molar refractivity (Wildman–Crippen MR) is 65.9 cm³/mol. The van der Waals surface area contributed by atoms with Crippen LogP contribution >= 0.6 is 11.5 Å². The van der Waals surface area contributed by atoms with Crippen LogP contribution in [0.2, 0.25) is 0 Å². The number of nitrogens with zero attached hydrogens (tertiary/aromatic N) is 3. The second-order valence-corrected chi connectivity index (χ2v) is 4.92. The number of rotatable bonds is 3. The lowest BCUT2D eigenvalue weighted by Gasteiger charge is -2.12. The molecule has 1 amide bonds. The van der Waals surface area contributed by atoms with E-state index in [0.29, 0.717) is 5.69 Å². The first-order chi connectivity index (χ1) is 8.08. The first-order valence-electron chi connectivity index (χ1n) is 5.29. The number of nitrogens with one attached hydrogen (secondary N) is 1. The standard InChI is InChI=1S/C11H14N4OS/c1-7-6-9(14-17-7)11(16)13-8(2)10-12-4-5-15(10)3/h4-6,8H,1-3H3,(H,13,16). The van der Waals surface area contributed by atoms with Crippen LogP contribution in [-0.4, -0.2) is 19.8 Å². The topological polar surface area (TPSA) is 59.8 Å². The van der Waals surface area contributed by atoms with E-state index in [2.05, 4.69) is 14.7 Å². The summed E-state index contributed by atoms with van der Waals surface area (Å²) in [6, 6.07) is 1.65. The molecule has 2 heterocycles. The lowest BCUT2D eigenvalue weighted by molar-refractivity contribution is 0.0934. The maximum atomic E-state index is 11.9. The van der Waals surface area contributed by atoms with Crippen LogP contribution in [0.1, 0.15) is 34.2 Å². The predicted octanol–water partition coefficient (Wildman–Crippen LogP) is 1.68. The van der Waals surface area contributed by atoms with Crippen molar-refractivity contribution in [3.8, 4) is 0 Å². The second kappa shape index (κ2) is 4.67. The van der Waals surface area contributed by atoms with Crippen molar-refractivity contribution < 1.29 is 4.79 Å². The molecule has 0 spiro atoms. The lowest BCUT2D eigenvalue weighted by atomic mass is 10.3. The summed E-state index contributed by atoms with van der Waals surface area (Å²) in [5.41, 5.74) is 0.466. The molecule has 0 saturated heterocycles. The number of hydrogen-bond donors (Lipinski definition) is 1. The van der Waals surface area contributed by atoms with Crippen molar-refractivity contribution >= 4 is 17.4 Å². The summed E-state index contributed by atoms with van der Waals surface area (Å²) in [5.74, 6) is 0.662. The van der Waals surface area contributed by atoms with E-state index in [0.717, 1.165) is 10.7 Å². The molecule has 0 saturated carbocycles. The fourth-order valence-electron chi connectivity index (χ4n) is 1.60. The summed E-state index contributed by atoms with van der Waals surface area (Å²) in [5, 5.41) is 2.87. The molecule has 1 atom stereocenters. The van der Waals surface area contributed by atoms with Crippen molar-refractivity contribution in [1.29, 1.82) is 0 Å². The van der Waals surface area contributed by atoms with E-state index in [4.69, 9.17) is 0 Å². The number of amides is 1. The Morgan fingerprint density at radius 3 is 2.88 bits per heavy atom. The highest BCUT2D eigenvalue weighted by Crippen LogP contribution is 2.12. The molecular formula is C11H14N4OS. The number of hydrogen-bond acceptors (Lipinski definition) is 4. The van der Waals surface area contributed by atoms with Crippen LogP contribution in [0.15, 0.2) is 18.5 Å². The lowest BCUT2D eigenvalue weighted by Crippen LogP contribution is -2.28. The zero-order valence-electron chi connectivity index (χ0n) is 9.97. The smallest absolute Gasteiger partial charge is 0.271 e. The Kier molecular flexibility index (Phi) is 3.23. The minimum absolute atomic E-state index is 0.135. The van der Waals surface area contributed by atoms with Gasteiger partial charge in [0, 0.05) is 24.3 Å². The zero-order valence-corrected chi connectivity index (χ0v) is 10.8. The summed E-state index contributed by atoms with van der Waals surface area (Å²) in [7, 11) is 1.90. The number of carbonyl (C=O) groups is 1. The van der Waals surface area contributed by atoms with Gasteiger partial charge in [-0.3, -0.25) is 4.79 Å². The molecule has 0 bridgehead atoms. The number of aromatic nitrogens is 3. The van der Waals surface area contributed by atoms with Crippen molar-refractivity contribution in [2.75, 3.05) is 0 Å². The first-order valence-corrected chi connectivity index (χ1v) is 6.06. The van der Waals surface area contributed by atoms with Gasteiger partial charge in [-0.2, -0.15) is 4.37 Å². The fraction of sp³-hybridized carbons (Fsp3) is 0.364. The molecule has 0 radical (unpaired) electrons. The van der Waals surface area contributed by atoms with Gasteiger partial charge in [0.2, 0.25) is 0 Å². The van der Waals surface area contributed by atoms with E-state index in [1.54, 1.807) is 12.3 Å². The number of imidazole rings is 1. The Labute approximate surface area is 104 Å². The Balaban J connectivity index is 2.07. The van der Waals surface area contributed by atoms with Gasteiger partial charge in [0.1, 0.15) is 11.5 Å². The average Bonchev–Trinajstić information content (AvgIpc) is 2.86. The van der Waals surface area contributed by atoms with Crippen molar-refractivity contribution in [2.45, 2.75) is 19.9 Å². The third-order valence-electron chi connectivity index (χ3n) is 2.45. The quantitative estimate of drug-likeness (QED) is 0.901. The molecule has 0 aromatic carbocycles. The van der Waals surface area contributed by atoms with Crippen LogP contribution in [0.4, 0.5) is 0 Å². The van der Waals surface area contributed by atoms with Crippen LogP contribution in [0.3, 0.4) is 0 Å². The van der Waals surface area contributed by atoms with Gasteiger partial charge in [-0.05, 0) is 31.4 Å². The van der Waals surface area contributed by atoms with Crippen molar-refractivity contribution in [1.82, 2.24) is 19.2 Å². The summed E-state index contributed by atoms with van der Waals surface area (Å²) >= 11 is 1.33. The van der Waals surface area contributed by atoms with Crippen molar-refractivity contribution in [3.63, 3.8) is 0 Å². The number of carbonyl (C=O) groups excluding carboxylic acids is 1. The third kappa shape index (κ3) is 2.52. The number of aryl methyl sites for hydroxylation is 2. The third-order valence-corrected chi connectivity index (χ3v) is 3.15. The van der Waals surface area contributed by atoms with Gasteiger partial charge in [-0.25, -0.2) is 4.98 Å². The Hall–Kier alpha value is -1.69. The molecule has 0 aliphatic heterocycles. The maximum absolute atomic E-state index is 11.9. The van der Waals surface area contributed by atoms with Crippen LogP contribution in [0, 0.1) is 6.92 Å². The molecule has 1 N–H and O–H groups in total. The van der Waals surface area contributed by atoms with E-state index in [9.17, 15) is 4.79 Å². The molecule has 6 heteroatoms. The molecule has 2 aromatic heterocycles. The van der Waals surface area contributed by atoms with E-state index < -0.39 is 0 Å². The molecule has 0 fully saturated rings. The van der Waals surface area contributed by atoms with Crippen molar-refractivity contribution in [3.05, 3.63) is 34.9 Å². The minimum Gasteiger partial charge on any atom is -0.341 e. The van der Waals surface area contributed by atoms with Crippen molar-refractivity contribution in [2.24, 2.45) is 7.05 Å². The molecule has 0 aliphatic rings. The first kappa shape index (κ1) is 11.8. The van der Waals surface area contributed by atoms with Gasteiger partial charge in [0.15, 0.2) is 0 Å². The van der Waals surface area contributed by atoms with Gasteiger partial charge < -0.3 is 9.88 Å². The summed E-state index contributed by atoms with van der Waals surface area (Å²) in [6.07, 6.45) is 3.57. The molecule has 17 heavy (non-hydrogen) atoms. The summed E-state index contributed by atoms with van der Waals surface area (Å²) < 4.78 is 5.96. The molecular weight excluding hydrogens is 236 g/mol. The van der Waals surface area contributed by atoms with Gasteiger partial charge in [-0.15, -0.1) is 0 Å². The largest absolute Gasteiger partial charge is 0.341 e. The molecule has 90 valence electrons. The minimum atomic E-state index is -0.162. The van der Waals surface area contributed by atoms with Crippen LogP contribution in [0.5, 0.6) is 0 Å². The van der Waals surface area contributed by atoms with Gasteiger partial charge in [-0.1, -0.05) is 0 Å². The van der Waals surface area contributed by atoms with Gasteiger partial charge in [0.25, 0.3) is 5.91 Å². The maximum Gasteiger partial charge on any atom is 0.271 e. The SMILES string of the molecule is Cc1cc(C(=O)NC(C)c2nccn2C)ns1. The normalized spacial score (nSPS) is 12.4. The molecule has 5 nitrogen and oxygen atoms in total. The zero-order chi connectivity index (χ0) is 12.4. The highest BCUT2D eigenvalue weighted by atomic mass is 32.1. The Morgan fingerprint density at radius 2 is 2.35 bits per heavy atom. The monoisotopic (exact) mass is 250 g/mol. The molecule has 2 rings (SSSR count). The average molecular weight is 250 g/mol. The highest BCUT2D eigenvalue weighted by Gasteiger charge is 2.16. The highest BCUT2D eigenvalue weighted by molar-refractivity contribution is 7.05. The van der Waals surface area contributed by atoms with Gasteiger partial charge in [0.05, 0.1) is 6.04 Å². The second-order valence-electron chi connectivity index (χ2n) is 3.91. The Bertz CT molecular complexity index is 531. The van der Waals surface area contributed by atoms with E-state index in [1.165, 1.54) is 11.5 Å². The summed E-state index contributed by atoms with van der Waals surface area (Å²) in [6.45, 7) is 3.83. The Morgan fingerprint density at radius 1 is 1.59 bits per heavy atom. The van der Waals surface area contributed by atoms with Gasteiger partial charge >= 0.3 is 0 Å². The molecule has 1 unspecified atom stereocenters. The van der Waals surface area contributed by atoms with E-state index in [1.807, 2.05) is 31.7 Å². The van der Waals surface area contributed by atoms with E-state index in [-0.39, 0.29) is 11.9 Å². The van der Waals surface area contributed by atoms with Crippen LogP contribution < -0.4 is 5.32 Å². The summed E-state index contributed by atoms with van der Waals surface area (Å²) in [4.78, 5) is 17.1. The fourth-order valence-corrected chi connectivity index (χ4v) is 2.15. The molecule has 0 aliphatic carbocycles. The van der Waals surface area contributed by atoms with E-state index >= 15 is 0 Å². The van der Waals surface area contributed by atoms with Crippen LogP contribution in [-0.2, 0) is 7.05 Å². The van der Waals surface area contributed by atoms with Crippen LogP contribution in [0.25, 0.3) is 0 Å². The molecule has 2 aromatic rings.